The second-order valence-electron chi connectivity index (χ2n) is 8.06. The average Bonchev–Trinajstić information content (AvgIpc) is 2.89. The maximum absolute atomic E-state index is 12.1. The van der Waals surface area contributed by atoms with Crippen molar-refractivity contribution in [2.75, 3.05) is 19.7 Å². The molecule has 5 heteroatoms. The predicted octanol–water partition coefficient (Wildman–Crippen LogP) is 3.44. The van der Waals surface area contributed by atoms with Crippen LogP contribution in [0, 0.1) is 5.92 Å². The first-order chi connectivity index (χ1) is 11.7. The molecule has 0 aliphatic carbocycles. The van der Waals surface area contributed by atoms with Crippen molar-refractivity contribution in [2.24, 2.45) is 5.92 Å². The number of likely N-dealkylation sites (tertiary alicyclic amines) is 1. The second kappa shape index (κ2) is 8.68. The van der Waals surface area contributed by atoms with Crippen LogP contribution in [-0.4, -0.2) is 48.4 Å². The molecule has 0 aromatic heterocycles. The van der Waals surface area contributed by atoms with E-state index in [4.69, 9.17) is 9.47 Å². The highest BCUT2D eigenvalue weighted by atomic mass is 16.6. The molecule has 0 bridgehead atoms. The first-order valence-electron chi connectivity index (χ1n) is 9.10. The fraction of sp³-hybridized carbons (Fsp3) is 0.650. The number of hydrogen-bond donors (Lipinski definition) is 1. The molecular weight excluding hydrogens is 316 g/mol. The molecule has 1 heterocycles. The van der Waals surface area contributed by atoms with Crippen molar-refractivity contribution in [3.8, 4) is 0 Å². The van der Waals surface area contributed by atoms with Gasteiger partial charge in [-0.05, 0) is 40.2 Å². The zero-order chi connectivity index (χ0) is 18.4. The van der Waals surface area contributed by atoms with Gasteiger partial charge in [0, 0.05) is 25.0 Å². The summed E-state index contributed by atoms with van der Waals surface area (Å²) in [5.41, 5.74) is 0.678. The van der Waals surface area contributed by atoms with Gasteiger partial charge in [-0.1, -0.05) is 30.3 Å². The zero-order valence-electron chi connectivity index (χ0n) is 16.1. The van der Waals surface area contributed by atoms with E-state index in [0.29, 0.717) is 19.3 Å². The van der Waals surface area contributed by atoms with Gasteiger partial charge < -0.3 is 14.8 Å². The van der Waals surface area contributed by atoms with Crippen molar-refractivity contribution in [3.63, 3.8) is 0 Å². The van der Waals surface area contributed by atoms with Crippen LogP contribution in [0.1, 0.15) is 40.2 Å². The fourth-order valence-corrected chi connectivity index (χ4v) is 3.02. The van der Waals surface area contributed by atoms with Crippen LogP contribution in [0.5, 0.6) is 0 Å². The molecule has 0 unspecified atom stereocenters. The standard InChI is InChI=1S/C20H32N2O3/c1-15(2)22-11-17(14-24-13-16-9-7-6-8-10-16)18(12-22)21-19(23)25-20(3,4)5/h6-10,15,17-18H,11-14H2,1-5H3,(H,21,23)/t17-,18+/m1/s1. The predicted molar refractivity (Wildman–Crippen MR) is 99.5 cm³/mol. The Bertz CT molecular complexity index is 540. The van der Waals surface area contributed by atoms with E-state index < -0.39 is 5.60 Å². The SMILES string of the molecule is CC(C)N1C[C@H](COCc2ccccc2)[C@@H](NC(=O)OC(C)(C)C)C1. The summed E-state index contributed by atoms with van der Waals surface area (Å²) >= 11 is 0. The lowest BCUT2D eigenvalue weighted by Gasteiger charge is -2.24. The molecule has 1 saturated heterocycles. The molecule has 0 spiro atoms. The molecule has 1 aliphatic heterocycles. The summed E-state index contributed by atoms with van der Waals surface area (Å²) in [5.74, 6) is 0.263. The van der Waals surface area contributed by atoms with Gasteiger partial charge in [-0.3, -0.25) is 4.90 Å². The molecule has 1 amide bonds. The topological polar surface area (TPSA) is 50.8 Å². The van der Waals surface area contributed by atoms with E-state index in [1.54, 1.807) is 0 Å². The molecule has 25 heavy (non-hydrogen) atoms. The van der Waals surface area contributed by atoms with Gasteiger partial charge >= 0.3 is 6.09 Å². The third-order valence-electron chi connectivity index (χ3n) is 4.35. The van der Waals surface area contributed by atoms with Crippen LogP contribution >= 0.6 is 0 Å². The number of carbonyl (C=O) groups is 1. The van der Waals surface area contributed by atoms with Crippen LogP contribution in [0.2, 0.25) is 0 Å². The van der Waals surface area contributed by atoms with E-state index >= 15 is 0 Å². The number of ether oxygens (including phenoxy) is 2. The van der Waals surface area contributed by atoms with Crippen LogP contribution in [0.4, 0.5) is 4.79 Å². The van der Waals surface area contributed by atoms with Crippen molar-refractivity contribution < 1.29 is 14.3 Å². The van der Waals surface area contributed by atoms with Gasteiger partial charge in [0.1, 0.15) is 5.60 Å². The third-order valence-corrected chi connectivity index (χ3v) is 4.35. The summed E-state index contributed by atoms with van der Waals surface area (Å²) in [4.78, 5) is 14.5. The Balaban J connectivity index is 1.89. The van der Waals surface area contributed by atoms with Gasteiger partial charge in [-0.2, -0.15) is 0 Å². The summed E-state index contributed by atoms with van der Waals surface area (Å²) in [6.07, 6.45) is -0.351. The lowest BCUT2D eigenvalue weighted by atomic mass is 10.1. The van der Waals surface area contributed by atoms with Crippen molar-refractivity contribution in [1.82, 2.24) is 10.2 Å². The Morgan fingerprint density at radius 3 is 2.52 bits per heavy atom. The molecule has 1 fully saturated rings. The van der Waals surface area contributed by atoms with E-state index in [9.17, 15) is 4.79 Å². The quantitative estimate of drug-likeness (QED) is 0.856. The van der Waals surface area contributed by atoms with Gasteiger partial charge in [0.15, 0.2) is 0 Å². The second-order valence-corrected chi connectivity index (χ2v) is 8.06. The van der Waals surface area contributed by atoms with E-state index in [0.717, 1.165) is 18.7 Å². The van der Waals surface area contributed by atoms with Crippen molar-refractivity contribution in [3.05, 3.63) is 35.9 Å². The highest BCUT2D eigenvalue weighted by molar-refractivity contribution is 5.68. The van der Waals surface area contributed by atoms with Crippen LogP contribution in [0.15, 0.2) is 30.3 Å². The Hall–Kier alpha value is -1.59. The van der Waals surface area contributed by atoms with Crippen LogP contribution in [0.25, 0.3) is 0 Å². The molecule has 2 atom stereocenters. The highest BCUT2D eigenvalue weighted by Gasteiger charge is 2.35. The number of nitrogens with zero attached hydrogens (tertiary/aromatic N) is 1. The molecular formula is C20H32N2O3. The Labute approximate surface area is 151 Å². The van der Waals surface area contributed by atoms with Crippen molar-refractivity contribution in [2.45, 2.75) is 58.9 Å². The zero-order valence-corrected chi connectivity index (χ0v) is 16.1. The molecule has 1 N–H and O–H groups in total. The Morgan fingerprint density at radius 1 is 1.24 bits per heavy atom. The summed E-state index contributed by atoms with van der Waals surface area (Å²) in [6, 6.07) is 10.7. The Kier molecular flexibility index (Phi) is 6.85. The first kappa shape index (κ1) is 19.7. The number of alkyl carbamates (subject to hydrolysis) is 1. The molecule has 5 nitrogen and oxygen atoms in total. The minimum atomic E-state index is -0.486. The van der Waals surface area contributed by atoms with Crippen molar-refractivity contribution >= 4 is 6.09 Å². The number of hydrogen-bond acceptors (Lipinski definition) is 4. The smallest absolute Gasteiger partial charge is 0.407 e. The van der Waals surface area contributed by atoms with Crippen LogP contribution < -0.4 is 5.32 Å². The number of carbonyl (C=O) groups excluding carboxylic acids is 1. The van der Waals surface area contributed by atoms with E-state index in [1.165, 1.54) is 0 Å². The molecule has 1 aromatic rings. The van der Waals surface area contributed by atoms with Gasteiger partial charge in [0.25, 0.3) is 0 Å². The largest absolute Gasteiger partial charge is 0.444 e. The normalized spacial score (nSPS) is 21.5. The molecule has 0 saturated carbocycles. The maximum Gasteiger partial charge on any atom is 0.407 e. The minimum absolute atomic E-state index is 0.0491. The van der Waals surface area contributed by atoms with Gasteiger partial charge in [0.2, 0.25) is 0 Å². The molecule has 1 aliphatic rings. The van der Waals surface area contributed by atoms with E-state index in [-0.39, 0.29) is 18.1 Å². The summed E-state index contributed by atoms with van der Waals surface area (Å²) in [7, 11) is 0. The molecule has 0 radical (unpaired) electrons. The van der Waals surface area contributed by atoms with Gasteiger partial charge in [-0.15, -0.1) is 0 Å². The van der Waals surface area contributed by atoms with Crippen LogP contribution in [-0.2, 0) is 16.1 Å². The molecule has 140 valence electrons. The monoisotopic (exact) mass is 348 g/mol. The lowest BCUT2D eigenvalue weighted by molar-refractivity contribution is 0.0454. The Morgan fingerprint density at radius 2 is 1.92 bits per heavy atom. The average molecular weight is 348 g/mol. The fourth-order valence-electron chi connectivity index (χ4n) is 3.02. The molecule has 2 rings (SSSR count). The summed E-state index contributed by atoms with van der Waals surface area (Å²) < 4.78 is 11.3. The number of amides is 1. The highest BCUT2D eigenvalue weighted by Crippen LogP contribution is 2.21. The summed E-state index contributed by atoms with van der Waals surface area (Å²) in [6.45, 7) is 13.0. The van der Waals surface area contributed by atoms with Gasteiger partial charge in [-0.25, -0.2) is 4.79 Å². The van der Waals surface area contributed by atoms with Gasteiger partial charge in [0.05, 0.1) is 19.3 Å². The molecule has 1 aromatic carbocycles. The summed E-state index contributed by atoms with van der Waals surface area (Å²) in [5, 5.41) is 3.04. The first-order valence-corrected chi connectivity index (χ1v) is 9.10. The maximum atomic E-state index is 12.1. The van der Waals surface area contributed by atoms with E-state index in [2.05, 4.69) is 36.2 Å². The number of benzene rings is 1. The lowest BCUT2D eigenvalue weighted by Crippen LogP contribution is -2.44. The number of rotatable bonds is 6. The third kappa shape index (κ3) is 6.67. The van der Waals surface area contributed by atoms with Crippen molar-refractivity contribution in [1.29, 1.82) is 0 Å². The number of nitrogens with one attached hydrogen (secondary N) is 1. The minimum Gasteiger partial charge on any atom is -0.444 e. The van der Waals surface area contributed by atoms with E-state index in [1.807, 2.05) is 39.0 Å². The van der Waals surface area contributed by atoms with Crippen LogP contribution in [0.3, 0.4) is 0 Å².